The fourth-order valence-electron chi connectivity index (χ4n) is 3.05. The number of carboxylic acids is 1. The van der Waals surface area contributed by atoms with Gasteiger partial charge in [0.2, 0.25) is 0 Å². The maximum Gasteiger partial charge on any atom is 0.303 e. The van der Waals surface area contributed by atoms with Gasteiger partial charge >= 0.3 is 5.97 Å². The monoisotopic (exact) mass is 275 g/mol. The average Bonchev–Trinajstić information content (AvgIpc) is 2.46. The summed E-state index contributed by atoms with van der Waals surface area (Å²) in [5, 5.41) is 8.69. The lowest BCUT2D eigenvalue weighted by atomic mass is 9.79. The van der Waals surface area contributed by atoms with Crippen LogP contribution in [0.3, 0.4) is 0 Å². The topological polar surface area (TPSA) is 63.3 Å². The van der Waals surface area contributed by atoms with Gasteiger partial charge in [-0.25, -0.2) is 0 Å². The van der Waals surface area contributed by atoms with Crippen molar-refractivity contribution in [3.63, 3.8) is 0 Å². The first-order valence-corrected chi connectivity index (χ1v) is 7.63. The van der Waals surface area contributed by atoms with E-state index in [1.165, 1.54) is 31.2 Å². The smallest absolute Gasteiger partial charge is 0.303 e. The minimum absolute atomic E-state index is 0.128. The van der Waals surface area contributed by atoms with Gasteiger partial charge in [0, 0.05) is 12.5 Å². The number of hydrogen-bond acceptors (Lipinski definition) is 2. The molecule has 0 spiro atoms. The van der Waals surface area contributed by atoms with Crippen LogP contribution in [0.1, 0.15) is 68.5 Å². The van der Waals surface area contributed by atoms with E-state index >= 15 is 0 Å². The zero-order chi connectivity index (χ0) is 14.5. The molecule has 1 saturated carbocycles. The van der Waals surface area contributed by atoms with Gasteiger partial charge in [-0.05, 0) is 42.2 Å². The molecule has 3 N–H and O–H groups in total. The Morgan fingerprint density at radius 1 is 1.25 bits per heavy atom. The lowest BCUT2D eigenvalue weighted by Crippen LogP contribution is -2.13. The number of carboxylic acid groups (broad SMARTS) is 1. The SMILES string of the molecule is CC1CCC(c2ccc(C(N)CCC(=O)O)cc2)CC1. The normalized spacial score (nSPS) is 24.3. The lowest BCUT2D eigenvalue weighted by Gasteiger charge is -2.26. The van der Waals surface area contributed by atoms with Gasteiger partial charge in [0.25, 0.3) is 0 Å². The summed E-state index contributed by atoms with van der Waals surface area (Å²) >= 11 is 0. The van der Waals surface area contributed by atoms with E-state index in [0.29, 0.717) is 12.3 Å². The zero-order valence-electron chi connectivity index (χ0n) is 12.2. The van der Waals surface area contributed by atoms with Crippen LogP contribution in [0.5, 0.6) is 0 Å². The maximum absolute atomic E-state index is 10.6. The molecule has 0 radical (unpaired) electrons. The van der Waals surface area contributed by atoms with Gasteiger partial charge in [-0.3, -0.25) is 4.79 Å². The van der Waals surface area contributed by atoms with Crippen LogP contribution in [0, 0.1) is 5.92 Å². The molecule has 0 aromatic heterocycles. The standard InChI is InChI=1S/C17H25NO2/c1-12-2-4-13(5-3-12)14-6-8-15(9-7-14)16(18)10-11-17(19)20/h6-9,12-13,16H,2-5,10-11,18H2,1H3,(H,19,20). The first-order chi connectivity index (χ1) is 9.56. The van der Waals surface area contributed by atoms with Gasteiger partial charge in [-0.15, -0.1) is 0 Å². The Hall–Kier alpha value is -1.35. The molecule has 1 aromatic rings. The van der Waals surface area contributed by atoms with Crippen molar-refractivity contribution in [3.05, 3.63) is 35.4 Å². The number of carbonyl (C=O) groups is 1. The van der Waals surface area contributed by atoms with E-state index in [0.717, 1.165) is 11.5 Å². The molecule has 110 valence electrons. The van der Waals surface area contributed by atoms with Crippen molar-refractivity contribution in [2.45, 2.75) is 57.4 Å². The minimum Gasteiger partial charge on any atom is -0.481 e. The van der Waals surface area contributed by atoms with Crippen LogP contribution in [0.25, 0.3) is 0 Å². The van der Waals surface area contributed by atoms with Gasteiger partial charge in [0.1, 0.15) is 0 Å². The summed E-state index contributed by atoms with van der Waals surface area (Å²) in [7, 11) is 0. The van der Waals surface area contributed by atoms with Crippen molar-refractivity contribution in [1.29, 1.82) is 0 Å². The van der Waals surface area contributed by atoms with E-state index in [-0.39, 0.29) is 12.5 Å². The fourth-order valence-corrected chi connectivity index (χ4v) is 3.05. The van der Waals surface area contributed by atoms with E-state index < -0.39 is 5.97 Å². The molecule has 0 aliphatic heterocycles. The van der Waals surface area contributed by atoms with Crippen molar-refractivity contribution < 1.29 is 9.90 Å². The van der Waals surface area contributed by atoms with E-state index in [1.54, 1.807) is 0 Å². The molecule has 1 atom stereocenters. The third-order valence-corrected chi connectivity index (χ3v) is 4.52. The third kappa shape index (κ3) is 4.07. The Bertz CT molecular complexity index is 433. The van der Waals surface area contributed by atoms with Gasteiger partial charge in [-0.1, -0.05) is 44.0 Å². The molecule has 0 bridgehead atoms. The van der Waals surface area contributed by atoms with Crippen molar-refractivity contribution in [2.24, 2.45) is 11.7 Å². The summed E-state index contributed by atoms with van der Waals surface area (Å²) in [6.07, 6.45) is 5.84. The first-order valence-electron chi connectivity index (χ1n) is 7.63. The highest BCUT2D eigenvalue weighted by Crippen LogP contribution is 2.35. The second-order valence-electron chi connectivity index (χ2n) is 6.16. The van der Waals surface area contributed by atoms with E-state index in [2.05, 4.69) is 31.2 Å². The van der Waals surface area contributed by atoms with E-state index in [4.69, 9.17) is 10.8 Å². The molecule has 1 fully saturated rings. The summed E-state index contributed by atoms with van der Waals surface area (Å²) in [5.74, 6) is 0.777. The van der Waals surface area contributed by atoms with Crippen LogP contribution < -0.4 is 5.73 Å². The number of nitrogens with two attached hydrogens (primary N) is 1. The van der Waals surface area contributed by atoms with Crippen LogP contribution in [-0.2, 0) is 4.79 Å². The van der Waals surface area contributed by atoms with E-state index in [9.17, 15) is 4.79 Å². The van der Waals surface area contributed by atoms with Crippen molar-refractivity contribution in [2.75, 3.05) is 0 Å². The largest absolute Gasteiger partial charge is 0.481 e. The van der Waals surface area contributed by atoms with Crippen LogP contribution in [0.4, 0.5) is 0 Å². The lowest BCUT2D eigenvalue weighted by molar-refractivity contribution is -0.137. The molecule has 0 saturated heterocycles. The molecule has 0 amide bonds. The molecule has 3 heteroatoms. The first kappa shape index (κ1) is 15.0. The Kier molecular flexibility index (Phi) is 5.18. The zero-order valence-corrected chi connectivity index (χ0v) is 12.2. The van der Waals surface area contributed by atoms with Crippen molar-refractivity contribution in [1.82, 2.24) is 0 Å². The molecular formula is C17H25NO2. The Labute approximate surface area is 121 Å². The predicted octanol–water partition coefficient (Wildman–Crippen LogP) is 3.84. The van der Waals surface area contributed by atoms with Gasteiger partial charge in [0.15, 0.2) is 0 Å². The van der Waals surface area contributed by atoms with E-state index in [1.807, 2.05) is 0 Å². The minimum atomic E-state index is -0.784. The van der Waals surface area contributed by atoms with Crippen LogP contribution >= 0.6 is 0 Å². The molecule has 3 nitrogen and oxygen atoms in total. The summed E-state index contributed by atoms with van der Waals surface area (Å²) in [5.41, 5.74) is 8.48. The third-order valence-electron chi connectivity index (χ3n) is 4.52. The van der Waals surface area contributed by atoms with Gasteiger partial charge < -0.3 is 10.8 Å². The second-order valence-corrected chi connectivity index (χ2v) is 6.16. The summed E-state index contributed by atoms with van der Waals surface area (Å²) in [6.45, 7) is 2.33. The number of benzene rings is 1. The summed E-state index contributed by atoms with van der Waals surface area (Å²) in [4.78, 5) is 10.6. The molecule has 1 aromatic carbocycles. The molecule has 0 heterocycles. The molecule has 20 heavy (non-hydrogen) atoms. The average molecular weight is 275 g/mol. The van der Waals surface area contributed by atoms with Crippen molar-refractivity contribution in [3.8, 4) is 0 Å². The second kappa shape index (κ2) is 6.89. The maximum atomic E-state index is 10.6. The van der Waals surface area contributed by atoms with Crippen LogP contribution in [-0.4, -0.2) is 11.1 Å². The highest BCUT2D eigenvalue weighted by molar-refractivity contribution is 5.66. The summed E-state index contributed by atoms with van der Waals surface area (Å²) < 4.78 is 0. The predicted molar refractivity (Wildman–Crippen MR) is 80.6 cm³/mol. The Morgan fingerprint density at radius 2 is 1.85 bits per heavy atom. The fraction of sp³-hybridized carbons (Fsp3) is 0.588. The van der Waals surface area contributed by atoms with Gasteiger partial charge in [-0.2, -0.15) is 0 Å². The van der Waals surface area contributed by atoms with Crippen molar-refractivity contribution >= 4 is 5.97 Å². The van der Waals surface area contributed by atoms with Crippen LogP contribution in [0.15, 0.2) is 24.3 Å². The molecule has 1 aliphatic carbocycles. The highest BCUT2D eigenvalue weighted by Gasteiger charge is 2.19. The van der Waals surface area contributed by atoms with Crippen LogP contribution in [0.2, 0.25) is 0 Å². The van der Waals surface area contributed by atoms with Gasteiger partial charge in [0.05, 0.1) is 0 Å². The Balaban J connectivity index is 1.93. The highest BCUT2D eigenvalue weighted by atomic mass is 16.4. The quantitative estimate of drug-likeness (QED) is 0.858. The molecule has 1 unspecified atom stereocenters. The summed E-state index contributed by atoms with van der Waals surface area (Å²) in [6, 6.07) is 8.32. The number of rotatable bonds is 5. The number of hydrogen-bond donors (Lipinski definition) is 2. The molecule has 2 rings (SSSR count). The Morgan fingerprint density at radius 3 is 2.40 bits per heavy atom. The number of aliphatic carboxylic acids is 1. The molecular weight excluding hydrogens is 250 g/mol. The molecule has 1 aliphatic rings.